The van der Waals surface area contributed by atoms with Gasteiger partial charge in [0.25, 0.3) is 0 Å². The molecule has 0 spiro atoms. The number of hydrazine groups is 1. The average Bonchev–Trinajstić information content (AvgIpc) is 3.17. The van der Waals surface area contributed by atoms with Crippen molar-refractivity contribution < 1.29 is 0 Å². The molecule has 1 aromatic heterocycles. The molecule has 0 radical (unpaired) electrons. The molecule has 0 bridgehead atoms. The summed E-state index contributed by atoms with van der Waals surface area (Å²) in [5.74, 6) is 2.28. The maximum atomic E-state index is 6.54. The molecule has 7 heteroatoms. The minimum absolute atomic E-state index is 0.664. The molecule has 3 rings (SSSR count). The second-order valence-electron chi connectivity index (χ2n) is 7.18. The van der Waals surface area contributed by atoms with Crippen molar-refractivity contribution in [3.63, 3.8) is 0 Å². The normalized spacial score (nSPS) is 20.1. The lowest BCUT2D eigenvalue weighted by Gasteiger charge is -2.28. The van der Waals surface area contributed by atoms with E-state index in [1.54, 1.807) is 0 Å². The number of nitrogens with two attached hydrogens (primary N) is 1. The van der Waals surface area contributed by atoms with Crippen LogP contribution in [-0.2, 0) is 18.7 Å². The number of rotatable bonds is 9. The maximum absolute atomic E-state index is 6.54. The Morgan fingerprint density at radius 1 is 1.19 bits per heavy atom. The molecule has 1 aliphatic rings. The second kappa shape index (κ2) is 9.21. The van der Waals surface area contributed by atoms with Crippen LogP contribution in [0, 0.1) is 0 Å². The number of hydrogen-bond donors (Lipinski definition) is 2. The van der Waals surface area contributed by atoms with Gasteiger partial charge in [-0.1, -0.05) is 30.3 Å². The van der Waals surface area contributed by atoms with Crippen molar-refractivity contribution in [2.45, 2.75) is 30.9 Å². The van der Waals surface area contributed by atoms with E-state index < -0.39 is 5.79 Å². The molecule has 1 aromatic carbocycles. The molecule has 0 saturated heterocycles. The third-order valence-corrected chi connectivity index (χ3v) is 6.73. The van der Waals surface area contributed by atoms with Crippen LogP contribution in [0.4, 0.5) is 0 Å². The van der Waals surface area contributed by atoms with Crippen molar-refractivity contribution in [2.75, 3.05) is 26.9 Å². The molecule has 1 aliphatic heterocycles. The van der Waals surface area contributed by atoms with Gasteiger partial charge in [0.05, 0.1) is 0 Å². The van der Waals surface area contributed by atoms with E-state index in [9.17, 15) is 0 Å². The molecule has 0 saturated carbocycles. The Balaban J connectivity index is 1.47. The molecular weight excluding hydrogens is 374 g/mol. The highest BCUT2D eigenvalue weighted by Gasteiger charge is 2.35. The minimum Gasteiger partial charge on any atom is -0.304 e. The predicted octanol–water partition coefficient (Wildman–Crippen LogP) is 3.14. The molecule has 0 aliphatic carbocycles. The Morgan fingerprint density at radius 2 is 1.93 bits per heavy atom. The molecule has 0 fully saturated rings. The van der Waals surface area contributed by atoms with Gasteiger partial charge >= 0.3 is 0 Å². The fourth-order valence-corrected chi connectivity index (χ4v) is 5.31. The Hall–Kier alpha value is -1.38. The van der Waals surface area contributed by atoms with E-state index in [1.165, 1.54) is 15.3 Å². The summed E-state index contributed by atoms with van der Waals surface area (Å²) in [5.41, 5.74) is 11.1. The number of hydrogen-bond acceptors (Lipinski definition) is 7. The van der Waals surface area contributed by atoms with Crippen molar-refractivity contribution in [3.8, 4) is 0 Å². The van der Waals surface area contributed by atoms with E-state index in [-0.39, 0.29) is 0 Å². The topological polar surface area (TPSA) is 56.9 Å². The second-order valence-corrected chi connectivity index (χ2v) is 9.54. The fourth-order valence-electron chi connectivity index (χ4n) is 3.01. The predicted molar refractivity (Wildman–Crippen MR) is 118 cm³/mol. The van der Waals surface area contributed by atoms with Gasteiger partial charge in [-0.05, 0) is 37.5 Å². The molecule has 146 valence electrons. The summed E-state index contributed by atoms with van der Waals surface area (Å²) < 4.78 is 0. The first-order valence-corrected chi connectivity index (χ1v) is 11.1. The van der Waals surface area contributed by atoms with Crippen LogP contribution in [-0.4, -0.2) is 48.4 Å². The van der Waals surface area contributed by atoms with Crippen LogP contribution in [0.2, 0.25) is 0 Å². The van der Waals surface area contributed by atoms with Gasteiger partial charge in [-0.15, -0.1) is 11.3 Å². The number of benzene rings is 1. The van der Waals surface area contributed by atoms with E-state index in [1.807, 2.05) is 41.2 Å². The third kappa shape index (κ3) is 5.80. The van der Waals surface area contributed by atoms with Crippen molar-refractivity contribution >= 4 is 28.9 Å². The highest BCUT2D eigenvalue weighted by atomic mass is 32.2. The molecule has 1 unspecified atom stereocenters. The summed E-state index contributed by atoms with van der Waals surface area (Å²) in [5, 5.41) is 1.94. The molecule has 3 N–H and O–H groups in total. The van der Waals surface area contributed by atoms with E-state index in [4.69, 9.17) is 10.7 Å². The SMILES string of the molecule is CN(C)Cc1ccc(CSCCC2(N)N=C(Cc3ccccc3)NN2C)s1. The van der Waals surface area contributed by atoms with Crippen LogP contribution in [0.25, 0.3) is 0 Å². The zero-order valence-corrected chi connectivity index (χ0v) is 17.9. The molecular formula is C20H29N5S2. The maximum Gasteiger partial charge on any atom is 0.183 e. The number of amidine groups is 1. The summed E-state index contributed by atoms with van der Waals surface area (Å²) in [7, 11) is 6.18. The molecule has 1 atom stereocenters. The molecule has 2 heterocycles. The largest absolute Gasteiger partial charge is 0.304 e. The number of nitrogens with zero attached hydrogens (tertiary/aromatic N) is 3. The van der Waals surface area contributed by atoms with Crippen LogP contribution in [0.15, 0.2) is 47.5 Å². The van der Waals surface area contributed by atoms with Crippen LogP contribution in [0.3, 0.4) is 0 Å². The van der Waals surface area contributed by atoms with Crippen LogP contribution < -0.4 is 11.2 Å². The van der Waals surface area contributed by atoms with E-state index in [2.05, 4.69) is 60.8 Å². The standard InChI is InChI=1S/C20H29N5S2/c1-24(2)14-17-9-10-18(27-17)15-26-12-11-20(21)22-19(23-25(20)3)13-16-7-5-4-6-8-16/h4-10H,11-15,21H2,1-3H3,(H,22,23). The van der Waals surface area contributed by atoms with E-state index >= 15 is 0 Å². The highest BCUT2D eigenvalue weighted by Crippen LogP contribution is 2.25. The van der Waals surface area contributed by atoms with Gasteiger partial charge in [-0.25, -0.2) is 4.99 Å². The Labute approximate surface area is 170 Å². The van der Waals surface area contributed by atoms with Gasteiger partial charge in [0.15, 0.2) is 5.79 Å². The summed E-state index contributed by atoms with van der Waals surface area (Å²) in [6, 6.07) is 14.8. The Kier molecular flexibility index (Phi) is 6.94. The lowest BCUT2D eigenvalue weighted by Crippen LogP contribution is -2.54. The highest BCUT2D eigenvalue weighted by molar-refractivity contribution is 7.98. The van der Waals surface area contributed by atoms with Crippen molar-refractivity contribution in [3.05, 3.63) is 57.8 Å². The molecule has 5 nitrogen and oxygen atoms in total. The first-order valence-electron chi connectivity index (χ1n) is 9.17. The average molecular weight is 404 g/mol. The van der Waals surface area contributed by atoms with Crippen LogP contribution in [0.5, 0.6) is 0 Å². The summed E-state index contributed by atoms with van der Waals surface area (Å²) >= 11 is 3.83. The van der Waals surface area contributed by atoms with Crippen LogP contribution in [0.1, 0.15) is 21.7 Å². The quantitative estimate of drug-likeness (QED) is 0.630. The van der Waals surface area contributed by atoms with Gasteiger partial charge in [-0.3, -0.25) is 5.73 Å². The number of thiophene rings is 1. The number of aliphatic imine (C=N–C) groups is 1. The van der Waals surface area contributed by atoms with Gasteiger partial charge in [0.2, 0.25) is 0 Å². The zero-order valence-electron chi connectivity index (χ0n) is 16.3. The van der Waals surface area contributed by atoms with Crippen molar-refractivity contribution in [1.29, 1.82) is 0 Å². The van der Waals surface area contributed by atoms with Crippen molar-refractivity contribution in [2.24, 2.45) is 10.7 Å². The van der Waals surface area contributed by atoms with E-state index in [0.717, 1.165) is 36.7 Å². The summed E-state index contributed by atoms with van der Waals surface area (Å²) in [4.78, 5) is 9.82. The molecule has 27 heavy (non-hydrogen) atoms. The molecule has 0 amide bonds. The summed E-state index contributed by atoms with van der Waals surface area (Å²) in [6.45, 7) is 1.01. The van der Waals surface area contributed by atoms with Gasteiger partial charge in [-0.2, -0.15) is 16.8 Å². The third-order valence-electron chi connectivity index (χ3n) is 4.47. The lowest BCUT2D eigenvalue weighted by atomic mass is 10.1. The lowest BCUT2D eigenvalue weighted by molar-refractivity contribution is 0.124. The summed E-state index contributed by atoms with van der Waals surface area (Å²) in [6.07, 6.45) is 1.59. The zero-order chi connectivity index (χ0) is 19.3. The number of nitrogens with one attached hydrogen (secondary N) is 1. The van der Waals surface area contributed by atoms with Gasteiger partial charge in [0, 0.05) is 41.9 Å². The smallest absolute Gasteiger partial charge is 0.183 e. The van der Waals surface area contributed by atoms with Crippen LogP contribution >= 0.6 is 23.1 Å². The fraction of sp³-hybridized carbons (Fsp3) is 0.450. The van der Waals surface area contributed by atoms with Gasteiger partial charge < -0.3 is 10.3 Å². The Bertz CT molecular complexity index is 759. The minimum atomic E-state index is -0.664. The Morgan fingerprint density at radius 3 is 2.67 bits per heavy atom. The van der Waals surface area contributed by atoms with Gasteiger partial charge in [0.1, 0.15) is 5.84 Å². The van der Waals surface area contributed by atoms with E-state index in [0.29, 0.717) is 0 Å². The molecule has 2 aromatic rings. The first-order chi connectivity index (χ1) is 12.9. The van der Waals surface area contributed by atoms with Crippen molar-refractivity contribution in [1.82, 2.24) is 15.3 Å². The first kappa shape index (κ1) is 20.4. The monoisotopic (exact) mass is 403 g/mol. The number of thioether (sulfide) groups is 1.